The molecule has 0 aliphatic carbocycles. The number of allylic oxidation sites excluding steroid dienone is 1. The zero-order valence-corrected chi connectivity index (χ0v) is 15.8. The van der Waals surface area contributed by atoms with Crippen molar-refractivity contribution in [2.24, 2.45) is 0 Å². The summed E-state index contributed by atoms with van der Waals surface area (Å²) in [5, 5.41) is 12.1. The average Bonchev–Trinajstić information content (AvgIpc) is 3.13. The zero-order chi connectivity index (χ0) is 19.6. The van der Waals surface area contributed by atoms with Crippen LogP contribution in [0.5, 0.6) is 0 Å². The second kappa shape index (κ2) is 7.14. The van der Waals surface area contributed by atoms with Gasteiger partial charge < -0.3 is 4.57 Å². The molecule has 0 unspecified atom stereocenters. The Balaban J connectivity index is 1.61. The number of nitrogens with zero attached hydrogens (tertiary/aromatic N) is 2. The predicted molar refractivity (Wildman–Crippen MR) is 121 cm³/mol. The summed E-state index contributed by atoms with van der Waals surface area (Å²) in [6.07, 6.45) is 1.94. The van der Waals surface area contributed by atoms with E-state index in [4.69, 9.17) is 0 Å². The third kappa shape index (κ3) is 2.99. The third-order valence-corrected chi connectivity index (χ3v) is 5.25. The van der Waals surface area contributed by atoms with Crippen molar-refractivity contribution in [2.75, 3.05) is 0 Å². The van der Waals surface area contributed by atoms with Crippen molar-refractivity contribution in [2.45, 2.75) is 0 Å². The number of fused-ring (bicyclic) bond motifs is 3. The van der Waals surface area contributed by atoms with Crippen molar-refractivity contribution in [1.82, 2.24) is 4.57 Å². The van der Waals surface area contributed by atoms with Crippen LogP contribution in [0.15, 0.2) is 103 Å². The molecule has 136 valence electrons. The lowest BCUT2D eigenvalue weighted by Gasteiger charge is -2.08. The fourth-order valence-corrected chi connectivity index (χ4v) is 3.88. The van der Waals surface area contributed by atoms with Crippen molar-refractivity contribution < 1.29 is 0 Å². The average molecular weight is 370 g/mol. The van der Waals surface area contributed by atoms with Crippen LogP contribution >= 0.6 is 0 Å². The van der Waals surface area contributed by atoms with Gasteiger partial charge in [0, 0.05) is 16.5 Å². The molecule has 0 radical (unpaired) electrons. The van der Waals surface area contributed by atoms with Crippen LogP contribution in [0, 0.1) is 11.3 Å². The van der Waals surface area contributed by atoms with Crippen molar-refractivity contribution in [3.63, 3.8) is 0 Å². The molecule has 0 aliphatic rings. The molecule has 0 amide bonds. The highest BCUT2D eigenvalue weighted by molar-refractivity contribution is 6.09. The molecule has 1 aromatic heterocycles. The molecule has 0 bridgehead atoms. The number of para-hydroxylation sites is 2. The summed E-state index contributed by atoms with van der Waals surface area (Å²) in [6, 6.07) is 37.4. The Labute approximate surface area is 169 Å². The topological polar surface area (TPSA) is 28.7 Å². The second-order valence-electron chi connectivity index (χ2n) is 7.00. The number of nitriles is 1. The summed E-state index contributed by atoms with van der Waals surface area (Å²) in [4.78, 5) is 0. The minimum absolute atomic E-state index is 0.662. The SMILES string of the molecule is N#C/C(=C\c1ccc(-n2c3ccccc3c3ccccc32)cc1)c1ccccc1. The first-order valence-corrected chi connectivity index (χ1v) is 9.61. The Morgan fingerprint density at radius 1 is 0.655 bits per heavy atom. The summed E-state index contributed by atoms with van der Waals surface area (Å²) in [5.74, 6) is 0. The minimum Gasteiger partial charge on any atom is -0.309 e. The first kappa shape index (κ1) is 17.0. The monoisotopic (exact) mass is 370 g/mol. The van der Waals surface area contributed by atoms with Gasteiger partial charge in [-0.3, -0.25) is 0 Å². The maximum atomic E-state index is 9.56. The van der Waals surface area contributed by atoms with E-state index < -0.39 is 0 Å². The van der Waals surface area contributed by atoms with Crippen LogP contribution in [0.25, 0.3) is 39.1 Å². The molecular formula is C27H18N2. The lowest BCUT2D eigenvalue weighted by Crippen LogP contribution is -1.93. The quantitative estimate of drug-likeness (QED) is 0.252. The van der Waals surface area contributed by atoms with Gasteiger partial charge in [0.15, 0.2) is 0 Å². The van der Waals surface area contributed by atoms with E-state index in [-0.39, 0.29) is 0 Å². The van der Waals surface area contributed by atoms with E-state index in [1.807, 2.05) is 36.4 Å². The van der Waals surface area contributed by atoms with Gasteiger partial charge in [-0.05, 0) is 41.5 Å². The number of benzene rings is 4. The van der Waals surface area contributed by atoms with E-state index in [1.165, 1.54) is 21.8 Å². The van der Waals surface area contributed by atoms with Gasteiger partial charge in [-0.15, -0.1) is 0 Å². The lowest BCUT2D eigenvalue weighted by molar-refractivity contribution is 1.18. The lowest BCUT2D eigenvalue weighted by atomic mass is 10.0. The summed E-state index contributed by atoms with van der Waals surface area (Å²) in [7, 11) is 0. The van der Waals surface area contributed by atoms with Gasteiger partial charge in [0.05, 0.1) is 22.7 Å². The molecule has 0 saturated heterocycles. The number of rotatable bonds is 3. The largest absolute Gasteiger partial charge is 0.309 e. The predicted octanol–water partition coefficient (Wildman–Crippen LogP) is 6.85. The maximum absolute atomic E-state index is 9.56. The number of hydrogen-bond acceptors (Lipinski definition) is 1. The van der Waals surface area contributed by atoms with E-state index in [2.05, 4.69) is 83.4 Å². The second-order valence-corrected chi connectivity index (χ2v) is 7.00. The van der Waals surface area contributed by atoms with Crippen LogP contribution in [-0.4, -0.2) is 4.57 Å². The van der Waals surface area contributed by atoms with Crippen LogP contribution in [0.1, 0.15) is 11.1 Å². The Hall–Kier alpha value is -4.09. The molecule has 0 spiro atoms. The molecule has 2 heteroatoms. The van der Waals surface area contributed by atoms with Gasteiger partial charge in [-0.2, -0.15) is 5.26 Å². The molecular weight excluding hydrogens is 352 g/mol. The van der Waals surface area contributed by atoms with Crippen LogP contribution in [-0.2, 0) is 0 Å². The normalized spacial score (nSPS) is 11.6. The van der Waals surface area contributed by atoms with Crippen LogP contribution in [0.3, 0.4) is 0 Å². The highest BCUT2D eigenvalue weighted by Gasteiger charge is 2.11. The van der Waals surface area contributed by atoms with E-state index in [0.29, 0.717) is 5.57 Å². The summed E-state index contributed by atoms with van der Waals surface area (Å²) < 4.78 is 2.29. The Bertz CT molecular complexity index is 1330. The number of hydrogen-bond donors (Lipinski definition) is 0. The maximum Gasteiger partial charge on any atom is 0.0998 e. The van der Waals surface area contributed by atoms with Crippen molar-refractivity contribution in [3.8, 4) is 11.8 Å². The summed E-state index contributed by atoms with van der Waals surface area (Å²) in [5.41, 5.74) is 6.10. The fourth-order valence-electron chi connectivity index (χ4n) is 3.88. The molecule has 0 atom stereocenters. The van der Waals surface area contributed by atoms with Crippen molar-refractivity contribution in [1.29, 1.82) is 5.26 Å². The van der Waals surface area contributed by atoms with E-state index in [9.17, 15) is 5.26 Å². The van der Waals surface area contributed by atoms with E-state index >= 15 is 0 Å². The highest BCUT2D eigenvalue weighted by atomic mass is 15.0. The summed E-state index contributed by atoms with van der Waals surface area (Å²) >= 11 is 0. The molecule has 1 heterocycles. The smallest absolute Gasteiger partial charge is 0.0998 e. The van der Waals surface area contributed by atoms with Crippen LogP contribution in [0.4, 0.5) is 0 Å². The Morgan fingerprint density at radius 2 is 1.21 bits per heavy atom. The van der Waals surface area contributed by atoms with Gasteiger partial charge in [-0.1, -0.05) is 78.9 Å². The van der Waals surface area contributed by atoms with Crippen molar-refractivity contribution >= 4 is 33.5 Å². The first-order valence-electron chi connectivity index (χ1n) is 9.61. The van der Waals surface area contributed by atoms with Gasteiger partial charge in [0.1, 0.15) is 0 Å². The van der Waals surface area contributed by atoms with E-state index in [0.717, 1.165) is 16.8 Å². The third-order valence-electron chi connectivity index (χ3n) is 5.25. The molecule has 0 saturated carbocycles. The fraction of sp³-hybridized carbons (Fsp3) is 0. The molecule has 4 aromatic carbocycles. The Morgan fingerprint density at radius 3 is 1.79 bits per heavy atom. The Kier molecular flexibility index (Phi) is 4.20. The molecule has 0 aliphatic heterocycles. The number of aromatic nitrogens is 1. The van der Waals surface area contributed by atoms with E-state index in [1.54, 1.807) is 0 Å². The van der Waals surface area contributed by atoms with Crippen molar-refractivity contribution in [3.05, 3.63) is 114 Å². The van der Waals surface area contributed by atoms with Gasteiger partial charge in [0.2, 0.25) is 0 Å². The highest BCUT2D eigenvalue weighted by Crippen LogP contribution is 2.31. The molecule has 2 nitrogen and oxygen atoms in total. The zero-order valence-electron chi connectivity index (χ0n) is 15.8. The standard InChI is InChI=1S/C27H18N2/c28-19-22(21-8-2-1-3-9-21)18-20-14-16-23(17-15-20)29-26-12-6-4-10-24(26)25-11-5-7-13-27(25)29/h1-18H/b22-18+. The minimum atomic E-state index is 0.662. The van der Waals surface area contributed by atoms with Gasteiger partial charge >= 0.3 is 0 Å². The van der Waals surface area contributed by atoms with Crippen LogP contribution < -0.4 is 0 Å². The van der Waals surface area contributed by atoms with Crippen LogP contribution in [0.2, 0.25) is 0 Å². The van der Waals surface area contributed by atoms with Gasteiger partial charge in [0.25, 0.3) is 0 Å². The molecule has 0 N–H and O–H groups in total. The molecule has 29 heavy (non-hydrogen) atoms. The molecule has 5 rings (SSSR count). The van der Waals surface area contributed by atoms with Gasteiger partial charge in [-0.25, -0.2) is 0 Å². The summed E-state index contributed by atoms with van der Waals surface area (Å²) in [6.45, 7) is 0. The first-order chi connectivity index (χ1) is 14.3. The molecule has 5 aromatic rings. The molecule has 0 fully saturated rings.